The van der Waals surface area contributed by atoms with Crippen molar-refractivity contribution >= 4 is 17.6 Å². The van der Waals surface area contributed by atoms with Crippen molar-refractivity contribution in [3.8, 4) is 5.75 Å². The Morgan fingerprint density at radius 3 is 3.00 bits per heavy atom. The molecule has 1 aromatic carbocycles. The zero-order valence-electron chi connectivity index (χ0n) is 8.29. The molecule has 0 radical (unpaired) electrons. The second-order valence-corrected chi connectivity index (χ2v) is 4.13. The molecular formula is C11H11ClO3. The van der Waals surface area contributed by atoms with Crippen LogP contribution < -0.4 is 4.74 Å². The van der Waals surface area contributed by atoms with Gasteiger partial charge in [-0.15, -0.1) is 0 Å². The van der Waals surface area contributed by atoms with Crippen LogP contribution in [0, 0.1) is 12.8 Å². The van der Waals surface area contributed by atoms with Crippen LogP contribution in [0.3, 0.4) is 0 Å². The third kappa shape index (κ3) is 1.79. The number of hydrogen-bond donors (Lipinski definition) is 1. The van der Waals surface area contributed by atoms with E-state index in [4.69, 9.17) is 21.4 Å². The van der Waals surface area contributed by atoms with E-state index in [-0.39, 0.29) is 6.61 Å². The summed E-state index contributed by atoms with van der Waals surface area (Å²) >= 11 is 5.97. The molecule has 0 saturated carbocycles. The van der Waals surface area contributed by atoms with E-state index >= 15 is 0 Å². The van der Waals surface area contributed by atoms with Crippen molar-refractivity contribution in [2.75, 3.05) is 6.61 Å². The quantitative estimate of drug-likeness (QED) is 0.799. The minimum atomic E-state index is -0.819. The van der Waals surface area contributed by atoms with E-state index in [2.05, 4.69) is 0 Å². The summed E-state index contributed by atoms with van der Waals surface area (Å²) in [5.74, 6) is -0.635. The molecule has 3 nitrogen and oxygen atoms in total. The number of hydrogen-bond acceptors (Lipinski definition) is 2. The van der Waals surface area contributed by atoms with Crippen molar-refractivity contribution in [2.45, 2.75) is 13.3 Å². The molecule has 1 aliphatic rings. The van der Waals surface area contributed by atoms with Crippen molar-refractivity contribution in [3.63, 3.8) is 0 Å². The summed E-state index contributed by atoms with van der Waals surface area (Å²) in [5, 5.41) is 9.47. The summed E-state index contributed by atoms with van der Waals surface area (Å²) in [6.07, 6.45) is 0.497. The Kier molecular flexibility index (Phi) is 2.57. The molecule has 80 valence electrons. The molecule has 0 spiro atoms. The van der Waals surface area contributed by atoms with E-state index in [1.165, 1.54) is 0 Å². The second-order valence-electron chi connectivity index (χ2n) is 3.72. The first-order chi connectivity index (χ1) is 7.09. The minimum absolute atomic E-state index is 0.200. The Morgan fingerprint density at radius 1 is 1.60 bits per heavy atom. The molecule has 0 aliphatic carbocycles. The molecule has 0 amide bonds. The van der Waals surface area contributed by atoms with Gasteiger partial charge < -0.3 is 9.84 Å². The third-order valence-electron chi connectivity index (χ3n) is 2.68. The van der Waals surface area contributed by atoms with Gasteiger partial charge in [0.1, 0.15) is 12.4 Å². The highest BCUT2D eigenvalue weighted by atomic mass is 35.5. The molecule has 0 saturated heterocycles. The maximum Gasteiger partial charge on any atom is 0.310 e. The van der Waals surface area contributed by atoms with Gasteiger partial charge in [0.2, 0.25) is 0 Å². The number of aryl methyl sites for hydroxylation is 1. The van der Waals surface area contributed by atoms with Crippen molar-refractivity contribution in [1.29, 1.82) is 0 Å². The lowest BCUT2D eigenvalue weighted by Gasteiger charge is -2.24. The predicted octanol–water partition coefficient (Wildman–Crippen LogP) is 2.28. The highest BCUT2D eigenvalue weighted by Crippen LogP contribution is 2.36. The summed E-state index contributed by atoms with van der Waals surface area (Å²) in [7, 11) is 0. The van der Waals surface area contributed by atoms with Gasteiger partial charge >= 0.3 is 5.97 Å². The average molecular weight is 227 g/mol. The number of carboxylic acids is 1. The van der Waals surface area contributed by atoms with Gasteiger partial charge in [-0.25, -0.2) is 0 Å². The first-order valence-corrected chi connectivity index (χ1v) is 5.11. The summed E-state index contributed by atoms with van der Waals surface area (Å²) < 4.78 is 5.40. The van der Waals surface area contributed by atoms with Crippen LogP contribution >= 0.6 is 11.6 Å². The second kappa shape index (κ2) is 3.74. The molecule has 0 aromatic heterocycles. The normalized spacial score (nSPS) is 19.2. The lowest BCUT2D eigenvalue weighted by molar-refractivity contribution is -0.143. The lowest BCUT2D eigenvalue weighted by atomic mass is 9.93. The van der Waals surface area contributed by atoms with Gasteiger partial charge in [0.15, 0.2) is 0 Å². The fraction of sp³-hybridized carbons (Fsp3) is 0.364. The molecule has 1 aromatic rings. The Balaban J connectivity index is 2.41. The Morgan fingerprint density at radius 2 is 2.33 bits per heavy atom. The molecular weight excluding hydrogens is 216 g/mol. The van der Waals surface area contributed by atoms with Crippen LogP contribution in [0.2, 0.25) is 5.02 Å². The van der Waals surface area contributed by atoms with Gasteiger partial charge in [-0.1, -0.05) is 17.7 Å². The number of aliphatic carboxylic acids is 1. The van der Waals surface area contributed by atoms with Crippen molar-refractivity contribution in [1.82, 2.24) is 0 Å². The highest BCUT2D eigenvalue weighted by Gasteiger charge is 2.27. The van der Waals surface area contributed by atoms with Crippen molar-refractivity contribution in [2.24, 2.45) is 5.92 Å². The van der Waals surface area contributed by atoms with E-state index in [1.807, 2.05) is 13.0 Å². The van der Waals surface area contributed by atoms with Crippen molar-refractivity contribution in [3.05, 3.63) is 28.3 Å². The molecule has 0 fully saturated rings. The number of fused-ring (bicyclic) bond motifs is 1. The van der Waals surface area contributed by atoms with Gasteiger partial charge in [-0.3, -0.25) is 4.79 Å². The van der Waals surface area contributed by atoms with E-state index in [9.17, 15) is 4.79 Å². The molecule has 1 N–H and O–H groups in total. The van der Waals surface area contributed by atoms with Crippen LogP contribution in [0.5, 0.6) is 5.75 Å². The molecule has 1 heterocycles. The van der Waals surface area contributed by atoms with Crippen LogP contribution in [0.15, 0.2) is 12.1 Å². The number of halogens is 1. The zero-order chi connectivity index (χ0) is 11.0. The predicted molar refractivity (Wildman–Crippen MR) is 56.5 cm³/mol. The zero-order valence-corrected chi connectivity index (χ0v) is 9.04. The standard InChI is InChI=1S/C11H11ClO3/c1-6-2-3-9(12)10-8(6)4-7(5-15-10)11(13)14/h2-3,7H,4-5H2,1H3,(H,13,14). The van der Waals surface area contributed by atoms with Crippen LogP contribution in [0.25, 0.3) is 0 Å². The van der Waals surface area contributed by atoms with Crippen LogP contribution in [-0.4, -0.2) is 17.7 Å². The van der Waals surface area contributed by atoms with E-state index < -0.39 is 11.9 Å². The molecule has 4 heteroatoms. The maximum atomic E-state index is 10.8. The van der Waals surface area contributed by atoms with Crippen LogP contribution in [0.4, 0.5) is 0 Å². The number of carboxylic acid groups (broad SMARTS) is 1. The fourth-order valence-corrected chi connectivity index (χ4v) is 1.99. The number of benzene rings is 1. The van der Waals surface area contributed by atoms with Gasteiger partial charge in [-0.05, 0) is 30.5 Å². The minimum Gasteiger partial charge on any atom is -0.491 e. The van der Waals surface area contributed by atoms with Crippen molar-refractivity contribution < 1.29 is 14.6 Å². The van der Waals surface area contributed by atoms with Gasteiger partial charge in [0.05, 0.1) is 10.9 Å². The molecule has 1 aliphatic heterocycles. The molecule has 2 rings (SSSR count). The van der Waals surface area contributed by atoms with Gasteiger partial charge in [0.25, 0.3) is 0 Å². The smallest absolute Gasteiger partial charge is 0.310 e. The van der Waals surface area contributed by atoms with E-state index in [0.29, 0.717) is 17.2 Å². The molecule has 1 atom stereocenters. The van der Waals surface area contributed by atoms with E-state index in [0.717, 1.165) is 11.1 Å². The Hall–Kier alpha value is -1.22. The topological polar surface area (TPSA) is 46.5 Å². The SMILES string of the molecule is Cc1ccc(Cl)c2c1CC(C(=O)O)CO2. The summed E-state index contributed by atoms with van der Waals surface area (Å²) in [4.78, 5) is 10.8. The molecule has 0 bridgehead atoms. The van der Waals surface area contributed by atoms with Crippen LogP contribution in [-0.2, 0) is 11.2 Å². The summed E-state index contributed by atoms with van der Waals surface area (Å²) in [6.45, 7) is 2.13. The van der Waals surface area contributed by atoms with Gasteiger partial charge in [0, 0.05) is 0 Å². The summed E-state index contributed by atoms with van der Waals surface area (Å²) in [5.41, 5.74) is 1.95. The average Bonchev–Trinajstić information content (AvgIpc) is 2.23. The summed E-state index contributed by atoms with van der Waals surface area (Å²) in [6, 6.07) is 3.66. The molecule has 1 unspecified atom stereocenters. The third-order valence-corrected chi connectivity index (χ3v) is 2.97. The number of rotatable bonds is 1. The first kappa shape index (κ1) is 10.3. The lowest BCUT2D eigenvalue weighted by Crippen LogP contribution is -2.28. The number of carbonyl (C=O) groups is 1. The largest absolute Gasteiger partial charge is 0.491 e. The Labute approximate surface area is 92.6 Å². The maximum absolute atomic E-state index is 10.8. The Bertz CT molecular complexity index is 415. The first-order valence-electron chi connectivity index (χ1n) is 4.73. The van der Waals surface area contributed by atoms with E-state index in [1.54, 1.807) is 6.07 Å². The highest BCUT2D eigenvalue weighted by molar-refractivity contribution is 6.32. The van der Waals surface area contributed by atoms with Crippen LogP contribution in [0.1, 0.15) is 11.1 Å². The number of ether oxygens (including phenoxy) is 1. The molecule has 15 heavy (non-hydrogen) atoms. The fourth-order valence-electron chi connectivity index (χ4n) is 1.76. The monoisotopic (exact) mass is 226 g/mol. The van der Waals surface area contributed by atoms with Gasteiger partial charge in [-0.2, -0.15) is 0 Å².